The normalized spacial score (nSPS) is 14.1. The van der Waals surface area contributed by atoms with Gasteiger partial charge < -0.3 is 20.5 Å². The van der Waals surface area contributed by atoms with Gasteiger partial charge in [0.15, 0.2) is 0 Å². The third-order valence-corrected chi connectivity index (χ3v) is 4.98. The van der Waals surface area contributed by atoms with E-state index in [1.807, 2.05) is 5.38 Å². The summed E-state index contributed by atoms with van der Waals surface area (Å²) in [7, 11) is 0. The van der Waals surface area contributed by atoms with Gasteiger partial charge in [0.2, 0.25) is 5.91 Å². The molecule has 2 aromatic heterocycles. The van der Waals surface area contributed by atoms with Crippen LogP contribution in [0.1, 0.15) is 39.8 Å². The third kappa shape index (κ3) is 3.27. The first kappa shape index (κ1) is 17.2. The summed E-state index contributed by atoms with van der Waals surface area (Å²) in [5, 5.41) is 4.59. The number of thiophene rings is 1. The van der Waals surface area contributed by atoms with Crippen LogP contribution >= 0.6 is 11.3 Å². The highest BCUT2D eigenvalue weighted by Gasteiger charge is 2.36. The van der Waals surface area contributed by atoms with E-state index in [0.717, 1.165) is 0 Å². The minimum absolute atomic E-state index is 0.202. The molecule has 3 rings (SSSR count). The highest BCUT2D eigenvalue weighted by atomic mass is 32.1. The highest BCUT2D eigenvalue weighted by Crippen LogP contribution is 2.19. The first-order valence-electron chi connectivity index (χ1n) is 7.79. The van der Waals surface area contributed by atoms with Crippen molar-refractivity contribution >= 4 is 29.1 Å². The molecule has 25 heavy (non-hydrogen) atoms. The molecule has 0 radical (unpaired) electrons. The molecule has 0 unspecified atom stereocenters. The van der Waals surface area contributed by atoms with Crippen molar-refractivity contribution in [2.24, 2.45) is 5.73 Å². The maximum absolute atomic E-state index is 12.9. The number of imidazole rings is 1. The lowest BCUT2D eigenvalue weighted by Crippen LogP contribution is -2.57. The molecule has 0 saturated carbocycles. The monoisotopic (exact) mass is 361 g/mol. The van der Waals surface area contributed by atoms with Crippen LogP contribution in [0.15, 0.2) is 23.7 Å². The van der Waals surface area contributed by atoms with Gasteiger partial charge in [-0.25, -0.2) is 4.98 Å². The molecule has 0 bridgehead atoms. The van der Waals surface area contributed by atoms with E-state index in [1.165, 1.54) is 17.5 Å². The lowest BCUT2D eigenvalue weighted by molar-refractivity contribution is -0.138. The second-order valence-corrected chi connectivity index (χ2v) is 7.31. The predicted molar refractivity (Wildman–Crippen MR) is 92.0 cm³/mol. The fourth-order valence-electron chi connectivity index (χ4n) is 2.83. The van der Waals surface area contributed by atoms with E-state index >= 15 is 0 Å². The van der Waals surface area contributed by atoms with E-state index < -0.39 is 11.4 Å². The highest BCUT2D eigenvalue weighted by molar-refractivity contribution is 7.12. The quantitative estimate of drug-likeness (QED) is 0.830. The summed E-state index contributed by atoms with van der Waals surface area (Å²) in [6, 6.07) is 3.50. The SMILES string of the molecule is CC(C)(NC(=O)c1cccs1)C(=O)N1CCn2c(C(N)=O)cnc2C1. The van der Waals surface area contributed by atoms with Gasteiger partial charge in [-0.3, -0.25) is 14.4 Å². The lowest BCUT2D eigenvalue weighted by Gasteiger charge is -2.35. The molecular formula is C16H19N5O3S. The average Bonchev–Trinajstić information content (AvgIpc) is 3.22. The minimum atomic E-state index is -1.05. The Morgan fingerprint density at radius 3 is 2.72 bits per heavy atom. The zero-order valence-corrected chi connectivity index (χ0v) is 14.8. The van der Waals surface area contributed by atoms with E-state index in [1.54, 1.807) is 35.4 Å². The van der Waals surface area contributed by atoms with Crippen molar-refractivity contribution in [3.8, 4) is 0 Å². The number of nitrogens with zero attached hydrogens (tertiary/aromatic N) is 3. The van der Waals surface area contributed by atoms with Crippen LogP contribution < -0.4 is 11.1 Å². The Kier molecular flexibility index (Phi) is 4.34. The van der Waals surface area contributed by atoms with E-state index in [4.69, 9.17) is 5.73 Å². The van der Waals surface area contributed by atoms with Crippen LogP contribution in [-0.4, -0.2) is 44.3 Å². The number of aromatic nitrogens is 2. The van der Waals surface area contributed by atoms with Crippen molar-refractivity contribution in [1.29, 1.82) is 0 Å². The maximum Gasteiger partial charge on any atom is 0.266 e. The second-order valence-electron chi connectivity index (χ2n) is 6.36. The number of amides is 3. The number of carbonyl (C=O) groups is 3. The van der Waals surface area contributed by atoms with Crippen molar-refractivity contribution in [2.45, 2.75) is 32.5 Å². The number of hydrogen-bond donors (Lipinski definition) is 2. The maximum atomic E-state index is 12.9. The molecule has 8 nitrogen and oxygen atoms in total. The molecule has 1 aliphatic heterocycles. The first-order chi connectivity index (χ1) is 11.8. The van der Waals surface area contributed by atoms with Gasteiger partial charge in [0.05, 0.1) is 17.6 Å². The molecule has 0 aliphatic carbocycles. The topological polar surface area (TPSA) is 110 Å². The van der Waals surface area contributed by atoms with E-state index in [0.29, 0.717) is 29.5 Å². The predicted octanol–water partition coefficient (Wildman–Crippen LogP) is 0.594. The molecule has 9 heteroatoms. The number of hydrogen-bond acceptors (Lipinski definition) is 5. The van der Waals surface area contributed by atoms with Crippen molar-refractivity contribution in [2.75, 3.05) is 6.54 Å². The molecule has 3 heterocycles. The van der Waals surface area contributed by atoms with Crippen LogP contribution in [0.4, 0.5) is 0 Å². The Bertz CT molecular complexity index is 825. The largest absolute Gasteiger partial charge is 0.364 e. The van der Waals surface area contributed by atoms with Crippen LogP contribution in [0.3, 0.4) is 0 Å². The smallest absolute Gasteiger partial charge is 0.266 e. The van der Waals surface area contributed by atoms with Gasteiger partial charge in [-0.15, -0.1) is 11.3 Å². The first-order valence-corrected chi connectivity index (χ1v) is 8.67. The van der Waals surface area contributed by atoms with Crippen LogP contribution in [0.2, 0.25) is 0 Å². The molecule has 0 fully saturated rings. The molecule has 3 N–H and O–H groups in total. The van der Waals surface area contributed by atoms with E-state index in [-0.39, 0.29) is 18.4 Å². The van der Waals surface area contributed by atoms with Crippen LogP contribution in [0.25, 0.3) is 0 Å². The van der Waals surface area contributed by atoms with Crippen molar-refractivity contribution in [3.05, 3.63) is 40.1 Å². The molecule has 0 atom stereocenters. The molecule has 3 amide bonds. The van der Waals surface area contributed by atoms with Gasteiger partial charge in [0.25, 0.3) is 11.8 Å². The summed E-state index contributed by atoms with van der Waals surface area (Å²) >= 11 is 1.32. The lowest BCUT2D eigenvalue weighted by atomic mass is 10.0. The molecule has 2 aromatic rings. The summed E-state index contributed by atoms with van der Waals surface area (Å²) in [5.41, 5.74) is 4.61. The molecule has 1 aliphatic rings. The average molecular weight is 361 g/mol. The molecule has 132 valence electrons. The Balaban J connectivity index is 1.72. The van der Waals surface area contributed by atoms with Gasteiger partial charge >= 0.3 is 0 Å². The van der Waals surface area contributed by atoms with Crippen LogP contribution in [0.5, 0.6) is 0 Å². The standard InChI is InChI=1S/C16H19N5O3S/c1-16(2,19-14(23)11-4-3-7-25-11)15(24)20-5-6-21-10(13(17)22)8-18-12(21)9-20/h3-4,7-8H,5-6,9H2,1-2H3,(H2,17,22)(H,19,23). The molecule has 0 aromatic carbocycles. The number of rotatable bonds is 4. The Morgan fingerprint density at radius 2 is 2.08 bits per heavy atom. The third-order valence-electron chi connectivity index (χ3n) is 4.11. The van der Waals surface area contributed by atoms with Crippen molar-refractivity contribution in [3.63, 3.8) is 0 Å². The zero-order valence-electron chi connectivity index (χ0n) is 14.0. The Morgan fingerprint density at radius 1 is 1.32 bits per heavy atom. The van der Waals surface area contributed by atoms with Crippen molar-refractivity contribution < 1.29 is 14.4 Å². The zero-order chi connectivity index (χ0) is 18.2. The number of nitrogens with one attached hydrogen (secondary N) is 1. The number of primary amides is 1. The summed E-state index contributed by atoms with van der Waals surface area (Å²) in [4.78, 5) is 42.8. The van der Waals surface area contributed by atoms with Gasteiger partial charge in [0.1, 0.15) is 17.1 Å². The number of carbonyl (C=O) groups excluding carboxylic acids is 3. The summed E-state index contributed by atoms with van der Waals surface area (Å²) in [5.74, 6) is -0.411. The van der Waals surface area contributed by atoms with Gasteiger partial charge in [-0.2, -0.15) is 0 Å². The summed E-state index contributed by atoms with van der Waals surface area (Å²) < 4.78 is 1.73. The van der Waals surface area contributed by atoms with E-state index in [9.17, 15) is 14.4 Å². The molecule has 0 saturated heterocycles. The fourth-order valence-corrected chi connectivity index (χ4v) is 3.45. The molecular weight excluding hydrogens is 342 g/mol. The van der Waals surface area contributed by atoms with E-state index in [2.05, 4.69) is 10.3 Å². The Labute approximate surface area is 148 Å². The molecule has 0 spiro atoms. The summed E-state index contributed by atoms with van der Waals surface area (Å²) in [6.07, 6.45) is 1.43. The van der Waals surface area contributed by atoms with Gasteiger partial charge in [0, 0.05) is 13.1 Å². The van der Waals surface area contributed by atoms with Gasteiger partial charge in [-0.05, 0) is 25.3 Å². The minimum Gasteiger partial charge on any atom is -0.364 e. The Hall–Kier alpha value is -2.68. The second kappa shape index (κ2) is 6.32. The number of fused-ring (bicyclic) bond motifs is 1. The van der Waals surface area contributed by atoms with Gasteiger partial charge in [-0.1, -0.05) is 6.07 Å². The van der Waals surface area contributed by atoms with Crippen LogP contribution in [0, 0.1) is 0 Å². The summed E-state index contributed by atoms with van der Waals surface area (Å²) in [6.45, 7) is 4.48. The van der Waals surface area contributed by atoms with Crippen LogP contribution in [-0.2, 0) is 17.9 Å². The fraction of sp³-hybridized carbons (Fsp3) is 0.375. The van der Waals surface area contributed by atoms with Crippen molar-refractivity contribution in [1.82, 2.24) is 19.8 Å². The number of nitrogens with two attached hydrogens (primary N) is 1.